The highest BCUT2D eigenvalue weighted by Gasteiger charge is 2.24. The van der Waals surface area contributed by atoms with Crippen LogP contribution in [0.3, 0.4) is 0 Å². The summed E-state index contributed by atoms with van der Waals surface area (Å²) in [4.78, 5) is 41.0. The number of hydrogen-bond acceptors (Lipinski definition) is 8. The minimum absolute atomic E-state index is 0.0792. The number of nitrogens with one attached hydrogen (secondary N) is 1. The van der Waals surface area contributed by atoms with Gasteiger partial charge >= 0.3 is 0 Å². The number of aromatic nitrogens is 3. The van der Waals surface area contributed by atoms with Crippen molar-refractivity contribution in [3.8, 4) is 17.3 Å². The molecule has 10 heteroatoms. The summed E-state index contributed by atoms with van der Waals surface area (Å²) >= 11 is 7.23. The van der Waals surface area contributed by atoms with E-state index in [-0.39, 0.29) is 23.6 Å². The van der Waals surface area contributed by atoms with Crippen molar-refractivity contribution in [1.29, 1.82) is 5.26 Å². The van der Waals surface area contributed by atoms with Gasteiger partial charge in [0.2, 0.25) is 0 Å². The van der Waals surface area contributed by atoms with Crippen LogP contribution in [0.1, 0.15) is 28.9 Å². The number of halogens is 1. The number of anilines is 2. The largest absolute Gasteiger partial charge is 0.349 e. The maximum absolute atomic E-state index is 13.1. The van der Waals surface area contributed by atoms with Crippen molar-refractivity contribution in [1.82, 2.24) is 15.0 Å². The van der Waals surface area contributed by atoms with Gasteiger partial charge in [0.1, 0.15) is 27.9 Å². The summed E-state index contributed by atoms with van der Waals surface area (Å²) < 4.78 is 0. The van der Waals surface area contributed by atoms with Gasteiger partial charge in [-0.2, -0.15) is 5.26 Å². The summed E-state index contributed by atoms with van der Waals surface area (Å²) in [6.45, 7) is 0.757. The lowest BCUT2D eigenvalue weighted by Crippen LogP contribution is -2.37. The lowest BCUT2D eigenvalue weighted by atomic mass is 10.1. The summed E-state index contributed by atoms with van der Waals surface area (Å²) in [6.07, 6.45) is 1.19. The van der Waals surface area contributed by atoms with Crippen molar-refractivity contribution in [3.63, 3.8) is 0 Å². The van der Waals surface area contributed by atoms with Crippen molar-refractivity contribution in [2.45, 2.75) is 12.8 Å². The molecule has 0 bridgehead atoms. The van der Waals surface area contributed by atoms with Crippen LogP contribution < -0.4 is 10.2 Å². The molecule has 1 aliphatic rings. The maximum atomic E-state index is 13.1. The molecule has 0 saturated carbocycles. The summed E-state index contributed by atoms with van der Waals surface area (Å²) in [5.74, 6) is -0.00800. The number of piperidine rings is 1. The molecule has 0 radical (unpaired) electrons. The van der Waals surface area contributed by atoms with Crippen molar-refractivity contribution in [2.75, 3.05) is 23.3 Å². The quantitative estimate of drug-likeness (QED) is 0.443. The van der Waals surface area contributed by atoms with Gasteiger partial charge in [-0.1, -0.05) is 35.1 Å². The fourth-order valence-corrected chi connectivity index (χ4v) is 4.72. The molecule has 1 amide bonds. The number of ketones is 1. The van der Waals surface area contributed by atoms with Gasteiger partial charge in [0.15, 0.2) is 10.9 Å². The third-order valence-electron chi connectivity index (χ3n) is 5.40. The molecule has 168 valence electrons. The van der Waals surface area contributed by atoms with Gasteiger partial charge in [0.05, 0.1) is 17.8 Å². The molecule has 0 aliphatic carbocycles. The van der Waals surface area contributed by atoms with Crippen LogP contribution in [0.4, 0.5) is 10.9 Å². The second-order valence-corrected chi connectivity index (χ2v) is 9.16. The second-order valence-electron chi connectivity index (χ2n) is 7.74. The molecular weight excluding hydrogens is 472 g/mol. The third kappa shape index (κ3) is 4.46. The number of rotatable bonds is 4. The van der Waals surface area contributed by atoms with E-state index in [0.717, 1.165) is 11.3 Å². The van der Waals surface area contributed by atoms with Gasteiger partial charge in [0.25, 0.3) is 5.91 Å². The Bertz CT molecular complexity index is 1460. The highest BCUT2D eigenvalue weighted by Crippen LogP contribution is 2.29. The first kappa shape index (κ1) is 21.9. The van der Waals surface area contributed by atoms with Crippen LogP contribution in [0.5, 0.6) is 0 Å². The maximum Gasteiger partial charge on any atom is 0.261 e. The number of fused-ring (bicyclic) bond motifs is 1. The third-order valence-corrected chi connectivity index (χ3v) is 6.53. The topological polar surface area (TPSA) is 112 Å². The number of Topliss-reactive ketones (excluding diaryl/α,β-unsaturated/α-hetero) is 1. The first-order valence-electron chi connectivity index (χ1n) is 10.5. The van der Waals surface area contributed by atoms with Gasteiger partial charge in [-0.15, -0.1) is 0 Å². The average Bonchev–Trinajstić information content (AvgIpc) is 3.25. The zero-order valence-corrected chi connectivity index (χ0v) is 19.4. The zero-order chi connectivity index (χ0) is 23.7. The number of benzene rings is 1. The van der Waals surface area contributed by atoms with Crippen LogP contribution >= 0.6 is 22.9 Å². The van der Waals surface area contributed by atoms with E-state index in [1.165, 1.54) is 17.4 Å². The van der Waals surface area contributed by atoms with Gasteiger partial charge in [-0.3, -0.25) is 14.9 Å². The van der Waals surface area contributed by atoms with Crippen LogP contribution in [0.2, 0.25) is 5.02 Å². The molecule has 0 atom stereocenters. The second kappa shape index (κ2) is 9.17. The Hall–Kier alpha value is -3.87. The molecule has 5 rings (SSSR count). The number of hydrogen-bond donors (Lipinski definition) is 1. The lowest BCUT2D eigenvalue weighted by molar-refractivity contribution is -0.118. The number of carbonyl (C=O) groups excluding carboxylic acids is 2. The van der Waals surface area contributed by atoms with Crippen LogP contribution in [0.25, 0.3) is 21.6 Å². The number of amides is 1. The normalized spacial score (nSPS) is 13.6. The van der Waals surface area contributed by atoms with E-state index >= 15 is 0 Å². The summed E-state index contributed by atoms with van der Waals surface area (Å²) in [7, 11) is 0. The average molecular weight is 489 g/mol. The molecule has 1 aromatic carbocycles. The number of carbonyl (C=O) groups is 2. The number of nitrogens with zero attached hydrogens (tertiary/aromatic N) is 5. The van der Waals surface area contributed by atoms with Crippen LogP contribution in [-0.2, 0) is 4.79 Å². The molecule has 4 aromatic rings. The van der Waals surface area contributed by atoms with Crippen molar-refractivity contribution in [3.05, 3.63) is 64.8 Å². The smallest absolute Gasteiger partial charge is 0.261 e. The van der Waals surface area contributed by atoms with Gasteiger partial charge in [0, 0.05) is 23.6 Å². The summed E-state index contributed by atoms with van der Waals surface area (Å²) in [5.41, 5.74) is 2.83. The molecule has 0 unspecified atom stereocenters. The first-order chi connectivity index (χ1) is 16.5. The lowest BCUT2D eigenvalue weighted by Gasteiger charge is -2.28. The molecule has 0 spiro atoms. The van der Waals surface area contributed by atoms with E-state index in [2.05, 4.69) is 20.3 Å². The van der Waals surface area contributed by atoms with Crippen LogP contribution in [0, 0.1) is 11.3 Å². The Kier molecular flexibility index (Phi) is 5.92. The summed E-state index contributed by atoms with van der Waals surface area (Å²) in [5, 5.41) is 13.1. The molecule has 8 nitrogen and oxygen atoms in total. The molecule has 3 aromatic heterocycles. The highest BCUT2D eigenvalue weighted by atomic mass is 35.5. The van der Waals surface area contributed by atoms with E-state index in [0.29, 0.717) is 45.7 Å². The predicted molar refractivity (Wildman–Crippen MR) is 131 cm³/mol. The zero-order valence-electron chi connectivity index (χ0n) is 17.8. The predicted octanol–water partition coefficient (Wildman–Crippen LogP) is 4.70. The van der Waals surface area contributed by atoms with Crippen molar-refractivity contribution in [2.24, 2.45) is 0 Å². The molecule has 34 heavy (non-hydrogen) atoms. The van der Waals surface area contributed by atoms with Gasteiger partial charge in [-0.25, -0.2) is 15.0 Å². The fraction of sp³-hybridized carbons (Fsp3) is 0.167. The fourth-order valence-electron chi connectivity index (χ4n) is 3.76. The minimum atomic E-state index is -0.415. The number of pyridine rings is 2. The minimum Gasteiger partial charge on any atom is -0.349 e. The van der Waals surface area contributed by atoms with Gasteiger partial charge < -0.3 is 4.90 Å². The van der Waals surface area contributed by atoms with Crippen molar-refractivity contribution >= 4 is 55.9 Å². The molecule has 1 N–H and O–H groups in total. The molecule has 4 heterocycles. The van der Waals surface area contributed by atoms with E-state index in [4.69, 9.17) is 11.6 Å². The van der Waals surface area contributed by atoms with Crippen molar-refractivity contribution < 1.29 is 9.59 Å². The van der Waals surface area contributed by atoms with Crippen LogP contribution in [-0.4, -0.2) is 39.7 Å². The molecule has 1 fully saturated rings. The van der Waals surface area contributed by atoms with E-state index < -0.39 is 5.91 Å². The highest BCUT2D eigenvalue weighted by molar-refractivity contribution is 7.22. The standard InChI is InChI=1S/C24H17ClN6O2S/c25-15-5-3-14(4-6-15)19-9-10-20-23(28-19)34-24(29-20)30-22(33)18-8-7-16(12-26)27-21(18)31-11-1-2-17(32)13-31/h3-10H,1-2,11,13H2,(H,29,30,33). The SMILES string of the molecule is N#Cc1ccc(C(=O)Nc2nc3ccc(-c4ccc(Cl)cc4)nc3s2)c(N2CCCC(=O)C2)n1. The van der Waals surface area contributed by atoms with E-state index in [1.807, 2.05) is 30.3 Å². The molecule has 1 aliphatic heterocycles. The summed E-state index contributed by atoms with van der Waals surface area (Å²) in [6, 6.07) is 16.2. The monoisotopic (exact) mass is 488 g/mol. The Balaban J connectivity index is 1.43. The Morgan fingerprint density at radius 2 is 1.91 bits per heavy atom. The number of thiazole rings is 1. The molecule has 1 saturated heterocycles. The van der Waals surface area contributed by atoms with Crippen LogP contribution in [0.15, 0.2) is 48.5 Å². The van der Waals surface area contributed by atoms with E-state index in [1.54, 1.807) is 23.1 Å². The Morgan fingerprint density at radius 1 is 1.09 bits per heavy atom. The van der Waals surface area contributed by atoms with E-state index in [9.17, 15) is 14.9 Å². The Labute approximate surface area is 203 Å². The first-order valence-corrected chi connectivity index (χ1v) is 11.7. The molecular formula is C24H17ClN6O2S. The van der Waals surface area contributed by atoms with Gasteiger partial charge in [-0.05, 0) is 42.8 Å². The number of nitriles is 1. The Morgan fingerprint density at radius 3 is 2.68 bits per heavy atom.